The lowest BCUT2D eigenvalue weighted by molar-refractivity contribution is 0.0603. The van der Waals surface area contributed by atoms with Crippen LogP contribution in [0, 0.1) is 12.7 Å². The first-order valence-corrected chi connectivity index (χ1v) is 4.61. The predicted octanol–water partition coefficient (Wildman–Crippen LogP) is 2.28. The van der Waals surface area contributed by atoms with Crippen LogP contribution in [0.4, 0.5) is 4.39 Å². The molecule has 0 bridgehead atoms. The number of aryl methyl sites for hydroxylation is 1. The maximum Gasteiger partial charge on any atom is 0.126 e. The molecule has 0 aliphatic carbocycles. The molecule has 14 heavy (non-hydrogen) atoms. The summed E-state index contributed by atoms with van der Waals surface area (Å²) in [5.74, 6) is 0.333. The number of ether oxygens (including phenoxy) is 1. The minimum atomic E-state index is -0.541. The second kappa shape index (κ2) is 4.42. The Labute approximate surface area is 83.3 Å². The molecule has 0 aliphatic rings. The first-order valence-electron chi connectivity index (χ1n) is 4.61. The summed E-state index contributed by atoms with van der Waals surface area (Å²) in [7, 11) is 0. The maximum absolute atomic E-state index is 12.9. The van der Waals surface area contributed by atoms with E-state index in [-0.39, 0.29) is 11.9 Å². The predicted molar refractivity (Wildman–Crippen MR) is 52.9 cm³/mol. The van der Waals surface area contributed by atoms with Gasteiger partial charge in [-0.2, -0.15) is 0 Å². The molecular formula is C11H15FO2. The number of halogens is 1. The fourth-order valence-electron chi connectivity index (χ4n) is 1.00. The molecule has 78 valence electrons. The van der Waals surface area contributed by atoms with Crippen molar-refractivity contribution in [3.63, 3.8) is 0 Å². The summed E-state index contributed by atoms with van der Waals surface area (Å²) < 4.78 is 18.3. The Morgan fingerprint density at radius 1 is 1.36 bits per heavy atom. The van der Waals surface area contributed by atoms with E-state index in [0.29, 0.717) is 11.3 Å². The monoisotopic (exact) mass is 198 g/mol. The molecule has 1 aromatic carbocycles. The second-order valence-corrected chi connectivity index (χ2v) is 3.47. The van der Waals surface area contributed by atoms with E-state index in [0.717, 1.165) is 0 Å². The Morgan fingerprint density at radius 3 is 2.50 bits per heavy atom. The molecule has 1 unspecified atom stereocenters. The highest BCUT2D eigenvalue weighted by atomic mass is 19.1. The van der Waals surface area contributed by atoms with Crippen LogP contribution in [0.1, 0.15) is 19.4 Å². The van der Waals surface area contributed by atoms with E-state index in [9.17, 15) is 9.50 Å². The summed E-state index contributed by atoms with van der Waals surface area (Å²) in [6.07, 6.45) is -0.833. The molecule has 1 rings (SSSR count). The minimum Gasteiger partial charge on any atom is -0.488 e. The molecule has 0 aromatic heterocycles. The van der Waals surface area contributed by atoms with Gasteiger partial charge in [0.05, 0.1) is 6.10 Å². The Hall–Kier alpha value is -1.09. The zero-order valence-corrected chi connectivity index (χ0v) is 8.62. The van der Waals surface area contributed by atoms with Gasteiger partial charge >= 0.3 is 0 Å². The normalized spacial score (nSPS) is 14.9. The van der Waals surface area contributed by atoms with E-state index in [2.05, 4.69) is 0 Å². The first-order chi connectivity index (χ1) is 6.50. The highest BCUT2D eigenvalue weighted by Crippen LogP contribution is 2.17. The van der Waals surface area contributed by atoms with Gasteiger partial charge in [0.25, 0.3) is 0 Å². The highest BCUT2D eigenvalue weighted by Gasteiger charge is 2.10. The van der Waals surface area contributed by atoms with Gasteiger partial charge in [-0.3, -0.25) is 0 Å². The van der Waals surface area contributed by atoms with Gasteiger partial charge in [0.2, 0.25) is 0 Å². The van der Waals surface area contributed by atoms with Gasteiger partial charge < -0.3 is 9.84 Å². The standard InChI is InChI=1S/C11H15FO2/c1-7-6-10(4-5-11(7)12)14-9(3)8(2)13/h4-6,8-9,13H,1-3H3/t8-,9?/m1/s1. The molecule has 0 aliphatic heterocycles. The van der Waals surface area contributed by atoms with Crippen molar-refractivity contribution in [3.8, 4) is 5.75 Å². The number of hydrogen-bond acceptors (Lipinski definition) is 2. The van der Waals surface area contributed by atoms with Gasteiger partial charge in [0.15, 0.2) is 0 Å². The molecule has 0 radical (unpaired) electrons. The molecule has 0 saturated heterocycles. The SMILES string of the molecule is Cc1cc(OC(C)[C@@H](C)O)ccc1F. The number of rotatable bonds is 3. The molecule has 2 nitrogen and oxygen atoms in total. The molecule has 0 saturated carbocycles. The van der Waals surface area contributed by atoms with E-state index in [1.807, 2.05) is 0 Å². The summed E-state index contributed by atoms with van der Waals surface area (Å²) in [5.41, 5.74) is 0.542. The van der Waals surface area contributed by atoms with Crippen LogP contribution in [0.25, 0.3) is 0 Å². The Balaban J connectivity index is 2.73. The summed E-state index contributed by atoms with van der Waals surface area (Å²) in [6.45, 7) is 5.10. The first kappa shape index (κ1) is 11.0. The van der Waals surface area contributed by atoms with Crippen molar-refractivity contribution in [1.82, 2.24) is 0 Å². The lowest BCUT2D eigenvalue weighted by Gasteiger charge is -2.17. The largest absolute Gasteiger partial charge is 0.488 e. The van der Waals surface area contributed by atoms with Gasteiger partial charge in [-0.15, -0.1) is 0 Å². The van der Waals surface area contributed by atoms with Gasteiger partial charge in [-0.05, 0) is 44.5 Å². The average Bonchev–Trinajstić information content (AvgIpc) is 2.11. The van der Waals surface area contributed by atoms with Crippen LogP contribution in [0.15, 0.2) is 18.2 Å². The fraction of sp³-hybridized carbons (Fsp3) is 0.455. The Morgan fingerprint density at radius 2 is 2.00 bits per heavy atom. The van der Waals surface area contributed by atoms with E-state index in [1.54, 1.807) is 32.9 Å². The van der Waals surface area contributed by atoms with Crippen LogP contribution in [-0.2, 0) is 0 Å². The topological polar surface area (TPSA) is 29.5 Å². The lowest BCUT2D eigenvalue weighted by Crippen LogP contribution is -2.25. The fourth-order valence-corrected chi connectivity index (χ4v) is 1.00. The van der Waals surface area contributed by atoms with E-state index < -0.39 is 6.10 Å². The zero-order chi connectivity index (χ0) is 10.7. The molecule has 0 heterocycles. The molecule has 1 aromatic rings. The summed E-state index contributed by atoms with van der Waals surface area (Å²) >= 11 is 0. The van der Waals surface area contributed by atoms with Crippen molar-refractivity contribution in [2.24, 2.45) is 0 Å². The Kier molecular flexibility index (Phi) is 3.47. The van der Waals surface area contributed by atoms with Gasteiger partial charge in [-0.25, -0.2) is 4.39 Å². The van der Waals surface area contributed by atoms with Crippen LogP contribution in [-0.4, -0.2) is 17.3 Å². The van der Waals surface area contributed by atoms with E-state index >= 15 is 0 Å². The van der Waals surface area contributed by atoms with Crippen molar-refractivity contribution in [2.75, 3.05) is 0 Å². The molecular weight excluding hydrogens is 183 g/mol. The minimum absolute atomic E-state index is 0.248. The van der Waals surface area contributed by atoms with Crippen molar-refractivity contribution >= 4 is 0 Å². The highest BCUT2D eigenvalue weighted by molar-refractivity contribution is 5.29. The van der Waals surface area contributed by atoms with Crippen LogP contribution < -0.4 is 4.74 Å². The maximum atomic E-state index is 12.9. The summed E-state index contributed by atoms with van der Waals surface area (Å²) in [6, 6.07) is 4.54. The lowest BCUT2D eigenvalue weighted by atomic mass is 10.2. The van der Waals surface area contributed by atoms with E-state index in [4.69, 9.17) is 4.74 Å². The van der Waals surface area contributed by atoms with Gasteiger partial charge in [0, 0.05) is 0 Å². The number of benzene rings is 1. The third-order valence-corrected chi connectivity index (χ3v) is 2.13. The second-order valence-electron chi connectivity index (χ2n) is 3.47. The molecule has 1 N–H and O–H groups in total. The van der Waals surface area contributed by atoms with Crippen LogP contribution >= 0.6 is 0 Å². The Bertz CT molecular complexity index is 310. The molecule has 0 fully saturated rings. The third kappa shape index (κ3) is 2.70. The third-order valence-electron chi connectivity index (χ3n) is 2.13. The average molecular weight is 198 g/mol. The molecule has 3 heteroatoms. The zero-order valence-electron chi connectivity index (χ0n) is 8.62. The number of aliphatic hydroxyl groups is 1. The molecule has 0 amide bonds. The smallest absolute Gasteiger partial charge is 0.126 e. The van der Waals surface area contributed by atoms with Crippen LogP contribution in [0.2, 0.25) is 0 Å². The van der Waals surface area contributed by atoms with Gasteiger partial charge in [-0.1, -0.05) is 0 Å². The molecule has 2 atom stereocenters. The quantitative estimate of drug-likeness (QED) is 0.807. The van der Waals surface area contributed by atoms with Crippen molar-refractivity contribution in [1.29, 1.82) is 0 Å². The number of aliphatic hydroxyl groups excluding tert-OH is 1. The summed E-state index contributed by atoms with van der Waals surface area (Å²) in [5, 5.41) is 9.21. The van der Waals surface area contributed by atoms with E-state index in [1.165, 1.54) is 6.07 Å². The van der Waals surface area contributed by atoms with Gasteiger partial charge in [0.1, 0.15) is 17.7 Å². The number of hydrogen-bond donors (Lipinski definition) is 1. The summed E-state index contributed by atoms with van der Waals surface area (Å²) in [4.78, 5) is 0. The van der Waals surface area contributed by atoms with Crippen molar-refractivity contribution < 1.29 is 14.2 Å². The molecule has 0 spiro atoms. The van der Waals surface area contributed by atoms with Crippen molar-refractivity contribution in [3.05, 3.63) is 29.6 Å². The van der Waals surface area contributed by atoms with Crippen molar-refractivity contribution in [2.45, 2.75) is 33.0 Å². The van der Waals surface area contributed by atoms with Crippen LogP contribution in [0.3, 0.4) is 0 Å². The van der Waals surface area contributed by atoms with Crippen LogP contribution in [0.5, 0.6) is 5.75 Å².